The van der Waals surface area contributed by atoms with Gasteiger partial charge in [-0.1, -0.05) is 12.1 Å². The standard InChI is InChI=1S/C13H18N6/c1-19-7-6-9(8-19)15-12-10-4-2-3-5-11(10)16-13(17-12)18-14/h2-5,9H,6-8,14H2,1H3,(H2,15,16,17,18). The van der Waals surface area contributed by atoms with Crippen LogP contribution in [-0.2, 0) is 0 Å². The molecule has 4 N–H and O–H groups in total. The molecule has 2 heterocycles. The van der Waals surface area contributed by atoms with Crippen molar-refractivity contribution >= 4 is 22.7 Å². The number of aromatic nitrogens is 2. The molecule has 0 amide bonds. The average molecular weight is 258 g/mol. The molecule has 0 spiro atoms. The van der Waals surface area contributed by atoms with Gasteiger partial charge in [0.05, 0.1) is 5.52 Å². The van der Waals surface area contributed by atoms with Gasteiger partial charge in [-0.05, 0) is 32.1 Å². The van der Waals surface area contributed by atoms with E-state index in [0.29, 0.717) is 12.0 Å². The molecule has 1 saturated heterocycles. The van der Waals surface area contributed by atoms with Gasteiger partial charge in [-0.3, -0.25) is 5.43 Å². The van der Waals surface area contributed by atoms with Crippen molar-refractivity contribution in [3.05, 3.63) is 24.3 Å². The summed E-state index contributed by atoms with van der Waals surface area (Å²) in [5.41, 5.74) is 3.41. The van der Waals surface area contributed by atoms with Crippen molar-refractivity contribution in [1.29, 1.82) is 0 Å². The van der Waals surface area contributed by atoms with E-state index in [0.717, 1.165) is 36.2 Å². The molecule has 6 nitrogen and oxygen atoms in total. The Hall–Kier alpha value is -1.92. The van der Waals surface area contributed by atoms with Crippen molar-refractivity contribution in [2.45, 2.75) is 12.5 Å². The normalized spacial score (nSPS) is 19.8. The molecule has 0 radical (unpaired) electrons. The van der Waals surface area contributed by atoms with Crippen molar-refractivity contribution in [1.82, 2.24) is 14.9 Å². The highest BCUT2D eigenvalue weighted by molar-refractivity contribution is 5.90. The second-order valence-electron chi connectivity index (χ2n) is 4.95. The van der Waals surface area contributed by atoms with Gasteiger partial charge in [0.15, 0.2) is 0 Å². The first kappa shape index (κ1) is 12.1. The van der Waals surface area contributed by atoms with Gasteiger partial charge < -0.3 is 10.2 Å². The first-order chi connectivity index (χ1) is 9.26. The summed E-state index contributed by atoms with van der Waals surface area (Å²) in [7, 11) is 2.13. The number of nitrogens with zero attached hydrogens (tertiary/aromatic N) is 3. The number of hydrazine groups is 1. The molecule has 1 atom stereocenters. The third-order valence-corrected chi connectivity index (χ3v) is 3.46. The molecule has 1 fully saturated rings. The average Bonchev–Trinajstić information content (AvgIpc) is 2.84. The Labute approximate surface area is 112 Å². The van der Waals surface area contributed by atoms with Crippen LogP contribution >= 0.6 is 0 Å². The molecule has 0 aliphatic carbocycles. The maximum Gasteiger partial charge on any atom is 0.239 e. The Bertz CT molecular complexity index is 584. The number of para-hydroxylation sites is 1. The van der Waals surface area contributed by atoms with Gasteiger partial charge in [-0.2, -0.15) is 4.98 Å². The zero-order chi connectivity index (χ0) is 13.2. The fraction of sp³-hybridized carbons (Fsp3) is 0.385. The molecule has 3 rings (SSSR count). The molecule has 6 heteroatoms. The molecular formula is C13H18N6. The summed E-state index contributed by atoms with van der Waals surface area (Å²) in [6.07, 6.45) is 1.13. The second-order valence-corrected chi connectivity index (χ2v) is 4.95. The number of hydrogen-bond acceptors (Lipinski definition) is 6. The maximum atomic E-state index is 5.43. The number of nitrogens with two attached hydrogens (primary N) is 1. The lowest BCUT2D eigenvalue weighted by molar-refractivity contribution is 0.414. The fourth-order valence-corrected chi connectivity index (χ4v) is 2.50. The van der Waals surface area contributed by atoms with Crippen molar-refractivity contribution < 1.29 is 0 Å². The summed E-state index contributed by atoms with van der Waals surface area (Å²) in [4.78, 5) is 11.1. The Morgan fingerprint density at radius 2 is 2.16 bits per heavy atom. The number of benzene rings is 1. The number of likely N-dealkylation sites (N-methyl/N-ethyl adjacent to an activating group) is 1. The maximum absolute atomic E-state index is 5.43. The Morgan fingerprint density at radius 3 is 2.89 bits per heavy atom. The molecule has 1 aromatic heterocycles. The summed E-state index contributed by atoms with van der Waals surface area (Å²) in [6.45, 7) is 2.15. The van der Waals surface area contributed by atoms with Crippen molar-refractivity contribution in [3.8, 4) is 0 Å². The minimum atomic E-state index is 0.425. The third kappa shape index (κ3) is 2.45. The van der Waals surface area contributed by atoms with Crippen LogP contribution in [0.25, 0.3) is 10.9 Å². The van der Waals surface area contributed by atoms with Gasteiger partial charge in [0, 0.05) is 18.0 Å². The van der Waals surface area contributed by atoms with Crippen LogP contribution in [-0.4, -0.2) is 41.0 Å². The van der Waals surface area contributed by atoms with Gasteiger partial charge >= 0.3 is 0 Å². The number of rotatable bonds is 3. The van der Waals surface area contributed by atoms with Gasteiger partial charge in [0.25, 0.3) is 0 Å². The monoisotopic (exact) mass is 258 g/mol. The van der Waals surface area contributed by atoms with Crippen LogP contribution in [0.2, 0.25) is 0 Å². The number of hydrogen-bond donors (Lipinski definition) is 3. The number of nitrogen functional groups attached to an aromatic ring is 1. The van der Waals surface area contributed by atoms with Crippen LogP contribution in [0.4, 0.5) is 11.8 Å². The second kappa shape index (κ2) is 4.99. The SMILES string of the molecule is CN1CCC(Nc2nc(NN)nc3ccccc23)C1. The predicted molar refractivity (Wildman–Crippen MR) is 76.9 cm³/mol. The zero-order valence-electron chi connectivity index (χ0n) is 10.9. The Balaban J connectivity index is 1.96. The quantitative estimate of drug-likeness (QED) is 0.564. The predicted octanol–water partition coefficient (Wildman–Crippen LogP) is 1.03. The van der Waals surface area contributed by atoms with E-state index in [4.69, 9.17) is 5.84 Å². The molecule has 1 aliphatic heterocycles. The number of nitrogens with one attached hydrogen (secondary N) is 2. The molecule has 1 aliphatic rings. The lowest BCUT2D eigenvalue weighted by Gasteiger charge is -2.15. The Kier molecular flexibility index (Phi) is 3.18. The van der Waals surface area contributed by atoms with Crippen LogP contribution in [0.1, 0.15) is 6.42 Å². The van der Waals surface area contributed by atoms with Crippen LogP contribution in [0.5, 0.6) is 0 Å². The molecule has 0 saturated carbocycles. The fourth-order valence-electron chi connectivity index (χ4n) is 2.50. The molecular weight excluding hydrogens is 240 g/mol. The highest BCUT2D eigenvalue weighted by atomic mass is 15.3. The van der Waals surface area contributed by atoms with Gasteiger partial charge in [0.1, 0.15) is 5.82 Å². The lowest BCUT2D eigenvalue weighted by Crippen LogP contribution is -2.24. The number of fused-ring (bicyclic) bond motifs is 1. The summed E-state index contributed by atoms with van der Waals surface area (Å²) >= 11 is 0. The molecule has 100 valence electrons. The first-order valence-corrected chi connectivity index (χ1v) is 6.45. The molecule has 1 aromatic carbocycles. The summed E-state index contributed by atoms with van der Waals surface area (Å²) in [5, 5.41) is 4.52. The van der Waals surface area contributed by atoms with Crippen molar-refractivity contribution in [2.75, 3.05) is 30.9 Å². The molecule has 0 bridgehead atoms. The van der Waals surface area contributed by atoms with Gasteiger partial charge in [-0.25, -0.2) is 10.8 Å². The van der Waals surface area contributed by atoms with Crippen molar-refractivity contribution in [2.24, 2.45) is 5.84 Å². The van der Waals surface area contributed by atoms with E-state index in [1.54, 1.807) is 0 Å². The largest absolute Gasteiger partial charge is 0.365 e. The molecule has 19 heavy (non-hydrogen) atoms. The summed E-state index contributed by atoms with van der Waals surface area (Å²) < 4.78 is 0. The van der Waals surface area contributed by atoms with Crippen LogP contribution in [0.15, 0.2) is 24.3 Å². The van der Waals surface area contributed by atoms with Crippen molar-refractivity contribution in [3.63, 3.8) is 0 Å². The molecule has 1 unspecified atom stereocenters. The van der Waals surface area contributed by atoms with E-state index in [9.17, 15) is 0 Å². The molecule has 2 aromatic rings. The van der Waals surface area contributed by atoms with Gasteiger partial charge in [-0.15, -0.1) is 0 Å². The van der Waals surface area contributed by atoms with Crippen LogP contribution in [0, 0.1) is 0 Å². The van der Waals surface area contributed by atoms with E-state index in [2.05, 4.69) is 32.7 Å². The topological polar surface area (TPSA) is 79.1 Å². The van der Waals surface area contributed by atoms with E-state index < -0.39 is 0 Å². The van der Waals surface area contributed by atoms with E-state index in [-0.39, 0.29) is 0 Å². The lowest BCUT2D eigenvalue weighted by atomic mass is 10.2. The summed E-state index contributed by atoms with van der Waals surface area (Å²) in [5.74, 6) is 6.71. The minimum absolute atomic E-state index is 0.425. The number of anilines is 2. The minimum Gasteiger partial charge on any atom is -0.365 e. The van der Waals surface area contributed by atoms with E-state index in [1.165, 1.54) is 0 Å². The van der Waals surface area contributed by atoms with E-state index >= 15 is 0 Å². The summed E-state index contributed by atoms with van der Waals surface area (Å²) in [6, 6.07) is 8.37. The van der Waals surface area contributed by atoms with E-state index in [1.807, 2.05) is 24.3 Å². The Morgan fingerprint density at radius 1 is 1.32 bits per heavy atom. The van der Waals surface area contributed by atoms with Crippen LogP contribution < -0.4 is 16.6 Å². The number of likely N-dealkylation sites (tertiary alicyclic amines) is 1. The third-order valence-electron chi connectivity index (χ3n) is 3.46. The van der Waals surface area contributed by atoms with Gasteiger partial charge in [0.2, 0.25) is 5.95 Å². The highest BCUT2D eigenvalue weighted by Gasteiger charge is 2.20. The first-order valence-electron chi connectivity index (χ1n) is 6.45. The van der Waals surface area contributed by atoms with Crippen LogP contribution in [0.3, 0.4) is 0 Å². The smallest absolute Gasteiger partial charge is 0.239 e. The highest BCUT2D eigenvalue weighted by Crippen LogP contribution is 2.23. The zero-order valence-corrected chi connectivity index (χ0v) is 10.9.